The highest BCUT2D eigenvalue weighted by Crippen LogP contribution is 2.22. The first-order chi connectivity index (χ1) is 9.20. The van der Waals surface area contributed by atoms with Crippen molar-refractivity contribution in [3.8, 4) is 5.75 Å². The van der Waals surface area contributed by atoms with Crippen molar-refractivity contribution in [2.24, 2.45) is 0 Å². The molecule has 2 rings (SSSR count). The second-order valence-electron chi connectivity index (χ2n) is 4.16. The molecule has 2 aromatic carbocycles. The molecule has 2 aromatic rings. The zero-order valence-corrected chi connectivity index (χ0v) is 10.7. The molecule has 0 heterocycles. The van der Waals surface area contributed by atoms with Crippen LogP contribution in [-0.2, 0) is 18.0 Å². The lowest BCUT2D eigenvalue weighted by Crippen LogP contribution is -1.99. The molecule has 100 valence electrons. The number of nitrogens with two attached hydrogens (primary N) is 1. The van der Waals surface area contributed by atoms with Gasteiger partial charge in [-0.1, -0.05) is 24.3 Å². The molecule has 0 fully saturated rings. The van der Waals surface area contributed by atoms with E-state index in [1.54, 1.807) is 37.4 Å². The number of anilines is 1. The minimum Gasteiger partial charge on any atom is -0.496 e. The largest absolute Gasteiger partial charge is 0.496 e. The van der Waals surface area contributed by atoms with Crippen molar-refractivity contribution in [3.05, 3.63) is 59.4 Å². The van der Waals surface area contributed by atoms with Crippen LogP contribution in [0.15, 0.2) is 42.5 Å². The maximum atomic E-state index is 13.4. The van der Waals surface area contributed by atoms with Crippen molar-refractivity contribution in [1.82, 2.24) is 0 Å². The number of hydrogen-bond acceptors (Lipinski definition) is 3. The zero-order valence-electron chi connectivity index (χ0n) is 10.7. The lowest BCUT2D eigenvalue weighted by molar-refractivity contribution is 0.103. The van der Waals surface area contributed by atoms with E-state index in [4.69, 9.17) is 15.2 Å². The Hall–Kier alpha value is -2.07. The summed E-state index contributed by atoms with van der Waals surface area (Å²) >= 11 is 0. The zero-order chi connectivity index (χ0) is 13.7. The van der Waals surface area contributed by atoms with Gasteiger partial charge in [-0.2, -0.15) is 0 Å². The van der Waals surface area contributed by atoms with Gasteiger partial charge >= 0.3 is 0 Å². The Morgan fingerprint density at radius 1 is 1.05 bits per heavy atom. The Kier molecular flexibility index (Phi) is 4.36. The van der Waals surface area contributed by atoms with Crippen molar-refractivity contribution in [2.75, 3.05) is 12.8 Å². The van der Waals surface area contributed by atoms with Gasteiger partial charge in [0, 0.05) is 22.9 Å². The number of halogens is 1. The fourth-order valence-corrected chi connectivity index (χ4v) is 1.77. The molecule has 4 heteroatoms. The molecule has 2 N–H and O–H groups in total. The Morgan fingerprint density at radius 3 is 2.53 bits per heavy atom. The number of hydrogen-bond donors (Lipinski definition) is 1. The van der Waals surface area contributed by atoms with Gasteiger partial charge < -0.3 is 15.2 Å². The summed E-state index contributed by atoms with van der Waals surface area (Å²) in [6.45, 7) is 0.567. The molecule has 0 spiro atoms. The molecule has 0 saturated carbocycles. The minimum absolute atomic E-state index is 0.222. The quantitative estimate of drug-likeness (QED) is 0.841. The third-order valence-electron chi connectivity index (χ3n) is 2.78. The number of benzene rings is 2. The average Bonchev–Trinajstić information content (AvgIpc) is 2.42. The van der Waals surface area contributed by atoms with Crippen LogP contribution in [0.3, 0.4) is 0 Å². The van der Waals surface area contributed by atoms with Crippen LogP contribution in [0.25, 0.3) is 0 Å². The summed E-state index contributed by atoms with van der Waals surface area (Å²) in [5, 5.41) is 0. The van der Waals surface area contributed by atoms with Gasteiger partial charge in [0.2, 0.25) is 0 Å². The summed E-state index contributed by atoms with van der Waals surface area (Å²) in [7, 11) is 1.58. The molecular formula is C15H16FNO2. The van der Waals surface area contributed by atoms with E-state index in [1.165, 1.54) is 6.07 Å². The number of methoxy groups -OCH3 is 1. The summed E-state index contributed by atoms with van der Waals surface area (Å²) in [6.07, 6.45) is 0. The maximum Gasteiger partial charge on any atom is 0.128 e. The summed E-state index contributed by atoms with van der Waals surface area (Å²) in [5.74, 6) is 0.417. The van der Waals surface area contributed by atoms with Gasteiger partial charge in [0.15, 0.2) is 0 Å². The molecule has 0 aliphatic heterocycles. The molecular weight excluding hydrogens is 245 g/mol. The van der Waals surface area contributed by atoms with E-state index in [-0.39, 0.29) is 12.4 Å². The predicted octanol–water partition coefficient (Wildman–Crippen LogP) is 3.13. The molecule has 0 aliphatic carbocycles. The summed E-state index contributed by atoms with van der Waals surface area (Å²) in [4.78, 5) is 0. The van der Waals surface area contributed by atoms with Gasteiger partial charge in [-0.3, -0.25) is 0 Å². The number of ether oxygens (including phenoxy) is 2. The molecule has 0 unspecified atom stereocenters. The van der Waals surface area contributed by atoms with Crippen LogP contribution >= 0.6 is 0 Å². The van der Waals surface area contributed by atoms with Gasteiger partial charge in [-0.05, 0) is 12.1 Å². The molecule has 0 atom stereocenters. The van der Waals surface area contributed by atoms with Gasteiger partial charge in [-0.15, -0.1) is 0 Å². The van der Waals surface area contributed by atoms with E-state index in [9.17, 15) is 4.39 Å². The van der Waals surface area contributed by atoms with Crippen LogP contribution in [0.5, 0.6) is 5.75 Å². The van der Waals surface area contributed by atoms with Gasteiger partial charge in [-0.25, -0.2) is 4.39 Å². The Balaban J connectivity index is 1.98. The van der Waals surface area contributed by atoms with Crippen LogP contribution in [0, 0.1) is 5.82 Å². The van der Waals surface area contributed by atoms with E-state index in [0.717, 1.165) is 5.56 Å². The summed E-state index contributed by atoms with van der Waals surface area (Å²) in [6, 6.07) is 11.9. The van der Waals surface area contributed by atoms with E-state index >= 15 is 0 Å². The van der Waals surface area contributed by atoms with Crippen molar-refractivity contribution in [2.45, 2.75) is 13.2 Å². The fraction of sp³-hybridized carbons (Fsp3) is 0.200. The Labute approximate surface area is 111 Å². The topological polar surface area (TPSA) is 44.5 Å². The minimum atomic E-state index is -0.258. The van der Waals surface area contributed by atoms with Crippen LogP contribution < -0.4 is 10.5 Å². The Bertz CT molecular complexity index is 558. The van der Waals surface area contributed by atoms with Crippen LogP contribution in [-0.4, -0.2) is 7.11 Å². The normalized spacial score (nSPS) is 10.4. The van der Waals surface area contributed by atoms with Crippen LogP contribution in [0.2, 0.25) is 0 Å². The highest BCUT2D eigenvalue weighted by atomic mass is 19.1. The van der Waals surface area contributed by atoms with Gasteiger partial charge in [0.1, 0.15) is 11.6 Å². The maximum absolute atomic E-state index is 13.4. The molecule has 0 bridgehead atoms. The third kappa shape index (κ3) is 3.45. The molecule has 19 heavy (non-hydrogen) atoms. The molecule has 0 radical (unpaired) electrons. The average molecular weight is 261 g/mol. The predicted molar refractivity (Wildman–Crippen MR) is 72.3 cm³/mol. The first-order valence-corrected chi connectivity index (χ1v) is 5.94. The Morgan fingerprint density at radius 2 is 1.79 bits per heavy atom. The first-order valence-electron chi connectivity index (χ1n) is 5.94. The highest BCUT2D eigenvalue weighted by molar-refractivity contribution is 5.48. The lowest BCUT2D eigenvalue weighted by atomic mass is 10.2. The van der Waals surface area contributed by atoms with Crippen molar-refractivity contribution in [3.63, 3.8) is 0 Å². The molecule has 0 saturated heterocycles. The molecule has 0 aromatic heterocycles. The first kappa shape index (κ1) is 13.4. The third-order valence-corrected chi connectivity index (χ3v) is 2.78. The second kappa shape index (κ2) is 6.20. The highest BCUT2D eigenvalue weighted by Gasteiger charge is 2.05. The number of nitrogen functional groups attached to an aromatic ring is 1. The molecule has 0 amide bonds. The van der Waals surface area contributed by atoms with Gasteiger partial charge in [0.05, 0.1) is 20.3 Å². The summed E-state index contributed by atoms with van der Waals surface area (Å²) < 4.78 is 24.1. The van der Waals surface area contributed by atoms with Crippen molar-refractivity contribution < 1.29 is 13.9 Å². The fourth-order valence-electron chi connectivity index (χ4n) is 1.77. The van der Waals surface area contributed by atoms with E-state index < -0.39 is 0 Å². The summed E-state index contributed by atoms with van der Waals surface area (Å²) in [5.41, 5.74) is 7.73. The smallest absolute Gasteiger partial charge is 0.128 e. The lowest BCUT2D eigenvalue weighted by Gasteiger charge is -2.10. The van der Waals surface area contributed by atoms with Crippen molar-refractivity contribution in [1.29, 1.82) is 0 Å². The number of rotatable bonds is 5. The van der Waals surface area contributed by atoms with E-state index in [2.05, 4.69) is 0 Å². The second-order valence-corrected chi connectivity index (χ2v) is 4.16. The molecule has 0 aliphatic rings. The van der Waals surface area contributed by atoms with Gasteiger partial charge in [0.25, 0.3) is 0 Å². The van der Waals surface area contributed by atoms with Crippen LogP contribution in [0.4, 0.5) is 10.1 Å². The van der Waals surface area contributed by atoms with E-state index in [0.29, 0.717) is 23.6 Å². The standard InChI is InChI=1S/C15H16FNO2/c1-18-15-8-13(17)7-6-12(15)10-19-9-11-4-2-3-5-14(11)16/h2-8H,9-10,17H2,1H3. The monoisotopic (exact) mass is 261 g/mol. The molecule has 3 nitrogen and oxygen atoms in total. The SMILES string of the molecule is COc1cc(N)ccc1COCc1ccccc1F. The van der Waals surface area contributed by atoms with E-state index in [1.807, 2.05) is 6.07 Å². The van der Waals surface area contributed by atoms with Crippen molar-refractivity contribution >= 4 is 5.69 Å². The van der Waals surface area contributed by atoms with Crippen LogP contribution in [0.1, 0.15) is 11.1 Å².